The molecule has 0 unspecified atom stereocenters. The van der Waals surface area contributed by atoms with Crippen molar-refractivity contribution in [3.8, 4) is 11.5 Å². The van der Waals surface area contributed by atoms with Crippen LogP contribution in [0, 0.1) is 6.92 Å². The van der Waals surface area contributed by atoms with Crippen molar-refractivity contribution >= 4 is 58.0 Å². The quantitative estimate of drug-likeness (QED) is 0.176. The van der Waals surface area contributed by atoms with Gasteiger partial charge in [-0.2, -0.15) is 23.1 Å². The monoisotopic (exact) mass is 741 g/mol. The average molecular weight is 742 g/mol. The molecule has 0 amide bonds. The number of H-pyrrole nitrogens is 1. The fourth-order valence-corrected chi connectivity index (χ4v) is 8.82. The van der Waals surface area contributed by atoms with Gasteiger partial charge in [0, 0.05) is 70.3 Å². The lowest BCUT2D eigenvalue weighted by molar-refractivity contribution is -0.153. The zero-order chi connectivity index (χ0) is 36.8. The molecule has 3 N–H and O–H groups in total. The Morgan fingerprint density at radius 2 is 1.71 bits per heavy atom. The molecule has 0 radical (unpaired) electrons. The van der Waals surface area contributed by atoms with Crippen molar-refractivity contribution < 1.29 is 27.2 Å². The maximum Gasteiger partial charge on any atom is 0.422 e. The zero-order valence-electron chi connectivity index (χ0n) is 30.3. The topological polar surface area (TPSA) is 114 Å². The predicted molar refractivity (Wildman–Crippen MR) is 202 cm³/mol. The largest absolute Gasteiger partial charge is 0.489 e. The molecule has 16 heteroatoms. The van der Waals surface area contributed by atoms with Gasteiger partial charge in [0.2, 0.25) is 5.95 Å². The molecule has 3 aliphatic rings. The molecular weight excluding hydrogens is 694 g/mol. The lowest BCUT2D eigenvalue weighted by Gasteiger charge is -2.43. The van der Waals surface area contributed by atoms with Crippen molar-refractivity contribution in [3.05, 3.63) is 42.1 Å². The third-order valence-electron chi connectivity index (χ3n) is 10.2. The minimum Gasteiger partial charge on any atom is -0.489 e. The fraction of sp³-hybridized carbons (Fsp3) is 0.500. The summed E-state index contributed by atoms with van der Waals surface area (Å²) in [6, 6.07) is 9.61. The number of hydrogen-bond donors (Lipinski definition) is 3. The first-order valence-corrected chi connectivity index (χ1v) is 20.3. The van der Waals surface area contributed by atoms with Crippen LogP contribution in [0.2, 0.25) is 0 Å². The number of anilines is 6. The summed E-state index contributed by atoms with van der Waals surface area (Å²) in [7, 11) is 1.27. The maximum atomic E-state index is 13.7. The van der Waals surface area contributed by atoms with Crippen molar-refractivity contribution in [2.24, 2.45) is 0 Å². The molecule has 2 aromatic carbocycles. The van der Waals surface area contributed by atoms with Gasteiger partial charge in [0.05, 0.1) is 34.3 Å². The Hall–Kier alpha value is -4.20. The molecule has 12 nitrogen and oxygen atoms in total. The van der Waals surface area contributed by atoms with Gasteiger partial charge in [0.15, 0.2) is 12.4 Å². The lowest BCUT2D eigenvalue weighted by Crippen LogP contribution is -2.52. The van der Waals surface area contributed by atoms with Crippen molar-refractivity contribution in [2.45, 2.75) is 32.0 Å². The third-order valence-corrected chi connectivity index (χ3v) is 11.7. The van der Waals surface area contributed by atoms with Crippen LogP contribution in [0.15, 0.2) is 36.5 Å². The van der Waals surface area contributed by atoms with Gasteiger partial charge in [-0.1, -0.05) is 0 Å². The molecule has 2 saturated heterocycles. The van der Waals surface area contributed by atoms with Crippen LogP contribution in [-0.4, -0.2) is 123 Å². The van der Waals surface area contributed by atoms with Crippen molar-refractivity contribution in [3.63, 3.8) is 0 Å². The number of rotatable bonds is 9. The van der Waals surface area contributed by atoms with E-state index in [0.717, 1.165) is 69.0 Å². The summed E-state index contributed by atoms with van der Waals surface area (Å²) in [5.41, 5.74) is 3.99. The first kappa shape index (κ1) is 36.2. The molecule has 4 aromatic rings. The Labute approximate surface area is 302 Å². The molecule has 0 aliphatic carbocycles. The van der Waals surface area contributed by atoms with E-state index in [2.05, 4.69) is 47.2 Å². The Morgan fingerprint density at radius 1 is 0.962 bits per heavy atom. The van der Waals surface area contributed by atoms with E-state index >= 15 is 0 Å². The van der Waals surface area contributed by atoms with Gasteiger partial charge >= 0.3 is 6.18 Å². The number of aromatic amines is 1. The molecule has 280 valence electrons. The molecule has 7 rings (SSSR count). The Bertz CT molecular complexity index is 1970. The van der Waals surface area contributed by atoms with E-state index in [4.69, 9.17) is 14.5 Å². The minimum absolute atomic E-state index is 0.0555. The summed E-state index contributed by atoms with van der Waals surface area (Å²) < 4.78 is 65.6. The van der Waals surface area contributed by atoms with E-state index < -0.39 is 19.9 Å². The minimum atomic E-state index is -4.52. The number of aryl methyl sites for hydroxylation is 1. The summed E-state index contributed by atoms with van der Waals surface area (Å²) in [5.74, 6) is 1.19. The first-order valence-electron chi connectivity index (χ1n) is 17.7. The molecule has 0 saturated carbocycles. The van der Waals surface area contributed by atoms with Gasteiger partial charge in [-0.05, 0) is 70.0 Å². The molecule has 0 atom stereocenters. The Kier molecular flexibility index (Phi) is 9.96. The van der Waals surface area contributed by atoms with E-state index in [1.165, 1.54) is 0 Å². The van der Waals surface area contributed by atoms with E-state index in [-0.39, 0.29) is 11.7 Å². The molecule has 2 aromatic heterocycles. The van der Waals surface area contributed by atoms with E-state index in [1.54, 1.807) is 31.7 Å². The highest BCUT2D eigenvalue weighted by Crippen LogP contribution is 2.47. The summed E-state index contributed by atoms with van der Waals surface area (Å²) in [5, 5.41) is 7.78. The Balaban J connectivity index is 1.18. The third kappa shape index (κ3) is 7.77. The number of piperidine rings is 1. The van der Waals surface area contributed by atoms with Crippen LogP contribution in [-0.2, 0) is 4.57 Å². The number of benzene rings is 2. The maximum absolute atomic E-state index is 13.7. The molecule has 52 heavy (non-hydrogen) atoms. The molecule has 0 spiro atoms. The summed E-state index contributed by atoms with van der Waals surface area (Å²) >= 11 is 0. The van der Waals surface area contributed by atoms with E-state index in [0.29, 0.717) is 58.5 Å². The number of fused-ring (bicyclic) bond motifs is 2. The first-order chi connectivity index (χ1) is 24.7. The molecular formula is C36H47F3N9O3P. The number of nitrogens with zero attached hydrogens (tertiary/aromatic N) is 6. The highest BCUT2D eigenvalue weighted by atomic mass is 31.2. The van der Waals surface area contributed by atoms with Gasteiger partial charge in [-0.25, -0.2) is 0 Å². The number of halogens is 3. The normalized spacial score (nSPS) is 18.0. The van der Waals surface area contributed by atoms with Gasteiger partial charge in [0.25, 0.3) is 0 Å². The van der Waals surface area contributed by atoms with Gasteiger partial charge in [-0.3, -0.25) is 4.90 Å². The van der Waals surface area contributed by atoms with E-state index in [9.17, 15) is 17.7 Å². The van der Waals surface area contributed by atoms with Crippen LogP contribution < -0.4 is 35.2 Å². The van der Waals surface area contributed by atoms with Crippen LogP contribution >= 0.6 is 7.14 Å². The van der Waals surface area contributed by atoms with Crippen LogP contribution in [0.25, 0.3) is 11.0 Å². The standard InChI is InChI=1S/C36H47F3N9O3P/c1-23-20-27(30(51-22-36(37,38)39)21-29(23)48-12-9-24(10-13-48)47-16-14-45(2)15-17-47)42-35-43-33-25(8-11-40-33)34(44-35)41-26-6-7-28-31(32(26)52(4,5)49)50-19-18-46(28)3/h6-8,11,20-21,24H,9-10,12-19,22H2,1-5H3,(H3,40,41,42,43,44). The SMILES string of the molecule is Cc1cc(Nc2nc(Nc3ccc4c(c3P(C)(C)=O)OCCN4C)c3cc[nH]c3n2)c(OCC(F)(F)F)cc1N1CCC(N2CCN(C)CC2)CC1. The zero-order valence-corrected chi connectivity index (χ0v) is 31.2. The van der Waals surface area contributed by atoms with Gasteiger partial charge in [-0.15, -0.1) is 0 Å². The number of aromatic nitrogens is 3. The van der Waals surface area contributed by atoms with Crippen molar-refractivity contribution in [1.82, 2.24) is 24.8 Å². The smallest absolute Gasteiger partial charge is 0.422 e. The van der Waals surface area contributed by atoms with Crippen molar-refractivity contribution in [1.29, 1.82) is 0 Å². The number of alkyl halides is 3. The summed E-state index contributed by atoms with van der Waals surface area (Å²) in [6.07, 6.45) is -0.818. The average Bonchev–Trinajstić information content (AvgIpc) is 3.57. The number of piperazine rings is 1. The second-order valence-electron chi connectivity index (χ2n) is 14.4. The van der Waals surface area contributed by atoms with Gasteiger partial charge in [0.1, 0.15) is 31.0 Å². The van der Waals surface area contributed by atoms with Crippen LogP contribution in [0.1, 0.15) is 18.4 Å². The van der Waals surface area contributed by atoms with Crippen LogP contribution in [0.3, 0.4) is 0 Å². The molecule has 0 bridgehead atoms. The number of hydrogen-bond acceptors (Lipinski definition) is 11. The number of nitrogens with one attached hydrogen (secondary N) is 3. The summed E-state index contributed by atoms with van der Waals surface area (Å²) in [6.45, 7) is 11.0. The molecule has 5 heterocycles. The highest BCUT2D eigenvalue weighted by Gasteiger charge is 2.32. The van der Waals surface area contributed by atoms with Crippen LogP contribution in [0.5, 0.6) is 11.5 Å². The fourth-order valence-electron chi connectivity index (χ4n) is 7.44. The number of likely N-dealkylation sites (N-methyl/N-ethyl adjacent to an activating group) is 2. The molecule has 3 aliphatic heterocycles. The second kappa shape index (κ2) is 14.3. The van der Waals surface area contributed by atoms with Crippen LogP contribution in [0.4, 0.5) is 47.7 Å². The van der Waals surface area contributed by atoms with E-state index in [1.807, 2.05) is 32.2 Å². The highest BCUT2D eigenvalue weighted by molar-refractivity contribution is 7.70. The molecule has 2 fully saturated rings. The Morgan fingerprint density at radius 3 is 2.42 bits per heavy atom. The lowest BCUT2D eigenvalue weighted by atomic mass is 10.0. The number of ether oxygens (including phenoxy) is 2. The predicted octanol–water partition coefficient (Wildman–Crippen LogP) is 5.99. The van der Waals surface area contributed by atoms with Crippen molar-refractivity contribution in [2.75, 3.05) is 107 Å². The summed E-state index contributed by atoms with van der Waals surface area (Å²) in [4.78, 5) is 21.8. The second-order valence-corrected chi connectivity index (χ2v) is 17.6. The van der Waals surface area contributed by atoms with Gasteiger partial charge < -0.3 is 44.4 Å².